The summed E-state index contributed by atoms with van der Waals surface area (Å²) < 4.78 is 4.35. The van der Waals surface area contributed by atoms with Crippen molar-refractivity contribution >= 4 is 59.8 Å². The predicted molar refractivity (Wildman–Crippen MR) is 199 cm³/mol. The summed E-state index contributed by atoms with van der Waals surface area (Å²) in [6.45, 7) is 0. The zero-order valence-corrected chi connectivity index (χ0v) is 26.0. The van der Waals surface area contributed by atoms with Crippen molar-refractivity contribution in [2.45, 2.75) is 12.3 Å². The lowest BCUT2D eigenvalue weighted by Crippen LogP contribution is -2.13. The number of para-hydroxylation sites is 2. The van der Waals surface area contributed by atoms with E-state index in [9.17, 15) is 4.79 Å². The van der Waals surface area contributed by atoms with Crippen molar-refractivity contribution in [3.8, 4) is 16.8 Å². The normalized spacial score (nSPS) is 14.5. The number of benzene rings is 7. The Morgan fingerprint density at radius 3 is 1.85 bits per heavy atom. The third-order valence-electron chi connectivity index (χ3n) is 10.8. The fourth-order valence-electron chi connectivity index (χ4n) is 8.77. The van der Waals surface area contributed by atoms with Crippen molar-refractivity contribution in [2.24, 2.45) is 0 Å². The van der Waals surface area contributed by atoms with E-state index in [-0.39, 0.29) is 11.5 Å². The van der Waals surface area contributed by atoms with Crippen molar-refractivity contribution in [2.75, 3.05) is 0 Å². The summed E-state index contributed by atoms with van der Waals surface area (Å²) in [4.78, 5) is 14.3. The second-order valence-corrected chi connectivity index (χ2v) is 13.2. The van der Waals surface area contributed by atoms with Crippen molar-refractivity contribution in [3.05, 3.63) is 179 Å². The molecule has 1 aliphatic carbocycles. The Kier molecular flexibility index (Phi) is 5.10. The molecular formula is C45H28N2O. The molecule has 0 saturated heterocycles. The Hall–Kier alpha value is -6.19. The summed E-state index contributed by atoms with van der Waals surface area (Å²) in [5.41, 5.74) is 12.1. The van der Waals surface area contributed by atoms with Gasteiger partial charge in [0, 0.05) is 43.9 Å². The molecule has 0 bridgehead atoms. The van der Waals surface area contributed by atoms with E-state index in [0.29, 0.717) is 0 Å². The highest BCUT2D eigenvalue weighted by molar-refractivity contribution is 6.21. The molecule has 0 saturated carbocycles. The number of pyridine rings is 1. The maximum atomic E-state index is 14.3. The van der Waals surface area contributed by atoms with Crippen molar-refractivity contribution < 1.29 is 0 Å². The van der Waals surface area contributed by atoms with Gasteiger partial charge < -0.3 is 4.57 Å². The van der Waals surface area contributed by atoms with Crippen molar-refractivity contribution in [1.82, 2.24) is 8.97 Å². The highest BCUT2D eigenvalue weighted by atomic mass is 16.1. The van der Waals surface area contributed by atoms with E-state index in [1.807, 2.05) is 22.6 Å². The Morgan fingerprint density at radius 2 is 1.08 bits per heavy atom. The summed E-state index contributed by atoms with van der Waals surface area (Å²) in [7, 11) is 0. The minimum Gasteiger partial charge on any atom is -0.309 e. The highest BCUT2D eigenvalue weighted by Crippen LogP contribution is 2.45. The van der Waals surface area contributed by atoms with Gasteiger partial charge in [0.1, 0.15) is 0 Å². The van der Waals surface area contributed by atoms with Crippen LogP contribution in [0.3, 0.4) is 0 Å². The number of hydrogen-bond donors (Lipinski definition) is 0. The number of aromatic nitrogens is 2. The lowest BCUT2D eigenvalue weighted by atomic mass is 9.75. The average Bonchev–Trinajstić information content (AvgIpc) is 3.66. The smallest absolute Gasteiger partial charge is 0.263 e. The van der Waals surface area contributed by atoms with Gasteiger partial charge in [-0.05, 0) is 82.1 Å². The van der Waals surface area contributed by atoms with Gasteiger partial charge in [-0.15, -0.1) is 0 Å². The molecule has 3 heteroatoms. The quantitative estimate of drug-likeness (QED) is 0.178. The molecule has 1 unspecified atom stereocenters. The van der Waals surface area contributed by atoms with Crippen LogP contribution in [0.25, 0.3) is 76.6 Å². The number of rotatable bonds is 2. The Bertz CT molecular complexity index is 2960. The molecule has 11 rings (SSSR count). The lowest BCUT2D eigenvalue weighted by molar-refractivity contribution is 0.795. The zero-order chi connectivity index (χ0) is 31.5. The first kappa shape index (κ1) is 25.9. The second kappa shape index (κ2) is 9.43. The molecule has 3 heterocycles. The Labute approximate surface area is 275 Å². The van der Waals surface area contributed by atoms with E-state index < -0.39 is 0 Å². The summed E-state index contributed by atoms with van der Waals surface area (Å²) >= 11 is 0. The van der Waals surface area contributed by atoms with E-state index in [1.54, 1.807) is 0 Å². The van der Waals surface area contributed by atoms with Gasteiger partial charge in [-0.1, -0.05) is 109 Å². The summed E-state index contributed by atoms with van der Waals surface area (Å²) in [6.07, 6.45) is 0.944. The van der Waals surface area contributed by atoms with Crippen LogP contribution < -0.4 is 5.56 Å². The van der Waals surface area contributed by atoms with Gasteiger partial charge in [0.25, 0.3) is 5.56 Å². The summed E-state index contributed by atoms with van der Waals surface area (Å²) in [5, 5.41) is 7.51. The van der Waals surface area contributed by atoms with E-state index in [1.165, 1.54) is 49.6 Å². The van der Waals surface area contributed by atoms with Crippen LogP contribution in [0.15, 0.2) is 156 Å². The van der Waals surface area contributed by atoms with Crippen LogP contribution in [0.1, 0.15) is 22.6 Å². The third kappa shape index (κ3) is 3.35. The standard InChI is InChI=1S/C45H28N2O/c48-45-36-18-6-5-15-33(36)39-25-29(46-41-19-9-7-16-34(41)35-17-8-10-20-42(35)46)26-40-38-24-28(21-22-43(38)47(45)44(39)40)37-23-27-11-1-2-12-30(27)31-13-3-4-14-32(31)37/h1-22,24-26,37H,23H2. The van der Waals surface area contributed by atoms with Gasteiger partial charge in [-0.2, -0.15) is 0 Å². The van der Waals surface area contributed by atoms with Crippen LogP contribution in [-0.4, -0.2) is 8.97 Å². The first-order valence-electron chi connectivity index (χ1n) is 16.7. The van der Waals surface area contributed by atoms with Crippen LogP contribution in [0.2, 0.25) is 0 Å². The largest absolute Gasteiger partial charge is 0.309 e. The second-order valence-electron chi connectivity index (χ2n) is 13.2. The zero-order valence-electron chi connectivity index (χ0n) is 26.0. The third-order valence-corrected chi connectivity index (χ3v) is 10.8. The van der Waals surface area contributed by atoms with E-state index in [4.69, 9.17) is 0 Å². The summed E-state index contributed by atoms with van der Waals surface area (Å²) in [5.74, 6) is 0.219. The molecular weight excluding hydrogens is 585 g/mol. The van der Waals surface area contributed by atoms with Crippen LogP contribution in [0, 0.1) is 0 Å². The van der Waals surface area contributed by atoms with Crippen LogP contribution in [-0.2, 0) is 6.42 Å². The molecule has 3 aromatic heterocycles. The molecule has 224 valence electrons. The first-order chi connectivity index (χ1) is 23.7. The molecule has 0 amide bonds. The molecule has 3 nitrogen and oxygen atoms in total. The molecule has 0 aliphatic heterocycles. The SMILES string of the molecule is O=c1c2ccccc2c2cc(-n3c4ccccc4c4ccccc43)cc3c4cc(C5Cc6ccccc6-c6ccccc65)ccc4n1c23. The molecule has 0 radical (unpaired) electrons. The lowest BCUT2D eigenvalue weighted by Gasteiger charge is -2.28. The van der Waals surface area contributed by atoms with Crippen LogP contribution >= 0.6 is 0 Å². The average molecular weight is 613 g/mol. The first-order valence-corrected chi connectivity index (χ1v) is 16.7. The van der Waals surface area contributed by atoms with Gasteiger partial charge in [0.05, 0.1) is 22.1 Å². The van der Waals surface area contributed by atoms with Gasteiger partial charge >= 0.3 is 0 Å². The van der Waals surface area contributed by atoms with Gasteiger partial charge in [-0.25, -0.2) is 0 Å². The molecule has 1 atom stereocenters. The van der Waals surface area contributed by atoms with Gasteiger partial charge in [0.15, 0.2) is 0 Å². The Balaban J connectivity index is 1.26. The topological polar surface area (TPSA) is 26.4 Å². The molecule has 0 spiro atoms. The minimum atomic E-state index is 0.0346. The van der Waals surface area contributed by atoms with E-state index in [0.717, 1.165) is 50.1 Å². The predicted octanol–water partition coefficient (Wildman–Crippen LogP) is 10.6. The fraction of sp³-hybridized carbons (Fsp3) is 0.0444. The highest BCUT2D eigenvalue weighted by Gasteiger charge is 2.27. The molecule has 0 N–H and O–H groups in total. The van der Waals surface area contributed by atoms with E-state index in [2.05, 4.69) is 138 Å². The number of nitrogens with zero attached hydrogens (tertiary/aromatic N) is 2. The van der Waals surface area contributed by atoms with Crippen molar-refractivity contribution in [1.29, 1.82) is 0 Å². The number of hydrogen-bond acceptors (Lipinski definition) is 1. The summed E-state index contributed by atoms with van der Waals surface area (Å²) in [6, 6.07) is 54.4. The maximum Gasteiger partial charge on any atom is 0.263 e. The molecule has 10 aromatic rings. The fourth-order valence-corrected chi connectivity index (χ4v) is 8.77. The Morgan fingerprint density at radius 1 is 0.479 bits per heavy atom. The van der Waals surface area contributed by atoms with E-state index >= 15 is 0 Å². The number of fused-ring (bicyclic) bond motifs is 11. The molecule has 7 aromatic carbocycles. The monoisotopic (exact) mass is 612 g/mol. The molecule has 48 heavy (non-hydrogen) atoms. The minimum absolute atomic E-state index is 0.0346. The van der Waals surface area contributed by atoms with Gasteiger partial charge in [-0.3, -0.25) is 9.20 Å². The molecule has 0 fully saturated rings. The maximum absolute atomic E-state index is 14.3. The van der Waals surface area contributed by atoms with Crippen LogP contribution in [0.5, 0.6) is 0 Å². The van der Waals surface area contributed by atoms with Crippen LogP contribution in [0.4, 0.5) is 0 Å². The van der Waals surface area contributed by atoms with Gasteiger partial charge in [0.2, 0.25) is 0 Å². The molecule has 1 aliphatic rings. The van der Waals surface area contributed by atoms with Crippen molar-refractivity contribution in [3.63, 3.8) is 0 Å².